The molecule has 156 valence electrons. The molecule has 1 aromatic carbocycles. The van der Waals surface area contributed by atoms with Gasteiger partial charge in [-0.1, -0.05) is 23.4 Å². The van der Waals surface area contributed by atoms with Gasteiger partial charge in [0.1, 0.15) is 11.5 Å². The SMILES string of the molecule is CCNC(=O)[C@H]1CCCN(S(=O)(=O)c2c(C)noc2/C=C/c2ccccc2F)C1. The summed E-state index contributed by atoms with van der Waals surface area (Å²) in [4.78, 5) is 12.1. The fraction of sp³-hybridized carbons (Fsp3) is 0.400. The molecule has 1 atom stereocenters. The van der Waals surface area contributed by atoms with Crippen LogP contribution >= 0.6 is 0 Å². The number of amides is 1. The first-order chi connectivity index (χ1) is 13.8. The highest BCUT2D eigenvalue weighted by Crippen LogP contribution is 2.29. The second-order valence-electron chi connectivity index (χ2n) is 6.91. The summed E-state index contributed by atoms with van der Waals surface area (Å²) < 4.78 is 46.9. The second-order valence-corrected chi connectivity index (χ2v) is 8.79. The van der Waals surface area contributed by atoms with Gasteiger partial charge in [0, 0.05) is 25.2 Å². The predicted molar refractivity (Wildman–Crippen MR) is 107 cm³/mol. The molecule has 0 bridgehead atoms. The first-order valence-electron chi connectivity index (χ1n) is 9.51. The molecule has 2 aromatic rings. The van der Waals surface area contributed by atoms with Crippen LogP contribution in [0.3, 0.4) is 0 Å². The lowest BCUT2D eigenvalue weighted by Crippen LogP contribution is -2.45. The van der Waals surface area contributed by atoms with E-state index in [1.54, 1.807) is 25.1 Å². The summed E-state index contributed by atoms with van der Waals surface area (Å²) in [5.41, 5.74) is 0.525. The van der Waals surface area contributed by atoms with Crippen LogP contribution < -0.4 is 5.32 Å². The Balaban J connectivity index is 1.89. The van der Waals surface area contributed by atoms with Crippen LogP contribution in [0.1, 0.15) is 36.8 Å². The number of sulfonamides is 1. The molecule has 29 heavy (non-hydrogen) atoms. The summed E-state index contributed by atoms with van der Waals surface area (Å²) in [5.74, 6) is -0.929. The Labute approximate surface area is 169 Å². The van der Waals surface area contributed by atoms with Crippen molar-refractivity contribution in [3.05, 3.63) is 47.1 Å². The Morgan fingerprint density at radius 2 is 2.14 bits per heavy atom. The molecule has 1 fully saturated rings. The first kappa shape index (κ1) is 21.2. The second kappa shape index (κ2) is 8.87. The van der Waals surface area contributed by atoms with E-state index >= 15 is 0 Å². The van der Waals surface area contributed by atoms with Crippen molar-refractivity contribution in [1.82, 2.24) is 14.8 Å². The fourth-order valence-electron chi connectivity index (χ4n) is 3.40. The number of nitrogens with one attached hydrogen (secondary N) is 1. The fourth-order valence-corrected chi connectivity index (χ4v) is 5.17. The standard InChI is InChI=1S/C20H24FN3O4S/c1-3-22-20(25)16-8-6-12-24(13-16)29(26,27)19-14(2)23-28-18(19)11-10-15-7-4-5-9-17(15)21/h4-5,7,9-11,16H,3,6,8,12-13H2,1-2H3,(H,22,25)/b11-10+/t16-/m0/s1. The Hall–Kier alpha value is -2.52. The van der Waals surface area contributed by atoms with Gasteiger partial charge >= 0.3 is 0 Å². The van der Waals surface area contributed by atoms with Crippen molar-refractivity contribution in [2.24, 2.45) is 5.92 Å². The number of rotatable bonds is 6. The average molecular weight is 421 g/mol. The van der Waals surface area contributed by atoms with Gasteiger partial charge in [0.25, 0.3) is 0 Å². The molecule has 1 aliphatic heterocycles. The maximum atomic E-state index is 13.8. The molecular weight excluding hydrogens is 397 g/mol. The molecule has 0 spiro atoms. The normalized spacial score (nSPS) is 18.2. The number of aryl methyl sites for hydroxylation is 1. The van der Waals surface area contributed by atoms with Gasteiger partial charge in [-0.2, -0.15) is 4.31 Å². The van der Waals surface area contributed by atoms with Crippen LogP contribution in [-0.2, 0) is 14.8 Å². The van der Waals surface area contributed by atoms with E-state index in [1.165, 1.54) is 22.5 Å². The summed E-state index contributed by atoms with van der Waals surface area (Å²) in [7, 11) is -3.92. The van der Waals surface area contributed by atoms with Gasteiger partial charge in [0.2, 0.25) is 15.9 Å². The van der Waals surface area contributed by atoms with E-state index in [0.29, 0.717) is 31.5 Å². The molecule has 3 rings (SSSR count). The topological polar surface area (TPSA) is 92.5 Å². The van der Waals surface area contributed by atoms with Gasteiger partial charge in [-0.15, -0.1) is 0 Å². The number of hydrogen-bond donors (Lipinski definition) is 1. The number of aromatic nitrogens is 1. The van der Waals surface area contributed by atoms with Gasteiger partial charge < -0.3 is 9.84 Å². The van der Waals surface area contributed by atoms with E-state index in [2.05, 4.69) is 10.5 Å². The van der Waals surface area contributed by atoms with Crippen LogP contribution in [0.4, 0.5) is 4.39 Å². The third-order valence-corrected chi connectivity index (χ3v) is 6.88. The Bertz CT molecular complexity index is 1020. The highest BCUT2D eigenvalue weighted by molar-refractivity contribution is 7.89. The molecular formula is C20H24FN3O4S. The zero-order valence-electron chi connectivity index (χ0n) is 16.4. The van der Waals surface area contributed by atoms with Crippen molar-refractivity contribution >= 4 is 28.1 Å². The van der Waals surface area contributed by atoms with Gasteiger partial charge in [-0.05, 0) is 44.9 Å². The van der Waals surface area contributed by atoms with Gasteiger partial charge in [0.15, 0.2) is 10.7 Å². The van der Waals surface area contributed by atoms with E-state index < -0.39 is 21.8 Å². The van der Waals surface area contributed by atoms with Crippen LogP contribution in [0.2, 0.25) is 0 Å². The van der Waals surface area contributed by atoms with E-state index in [0.717, 1.165) is 0 Å². The largest absolute Gasteiger partial charge is 0.356 e. The molecule has 1 aliphatic rings. The smallest absolute Gasteiger partial charge is 0.248 e. The summed E-state index contributed by atoms with van der Waals surface area (Å²) in [6, 6.07) is 6.15. The van der Waals surface area contributed by atoms with Gasteiger partial charge in [0.05, 0.1) is 5.92 Å². The zero-order chi connectivity index (χ0) is 21.0. The van der Waals surface area contributed by atoms with Crippen molar-refractivity contribution in [3.8, 4) is 0 Å². The van der Waals surface area contributed by atoms with Crippen LogP contribution in [-0.4, -0.2) is 43.4 Å². The lowest BCUT2D eigenvalue weighted by atomic mass is 9.99. The predicted octanol–water partition coefficient (Wildman–Crippen LogP) is 2.83. The molecule has 1 saturated heterocycles. The number of halogens is 1. The monoisotopic (exact) mass is 421 g/mol. The molecule has 1 aromatic heterocycles. The molecule has 0 saturated carbocycles. The Morgan fingerprint density at radius 1 is 1.38 bits per heavy atom. The molecule has 0 unspecified atom stereocenters. The van der Waals surface area contributed by atoms with Gasteiger partial charge in [-0.25, -0.2) is 12.8 Å². The van der Waals surface area contributed by atoms with Crippen LogP contribution in [0.25, 0.3) is 12.2 Å². The van der Waals surface area contributed by atoms with Crippen molar-refractivity contribution in [3.63, 3.8) is 0 Å². The number of benzene rings is 1. The minimum atomic E-state index is -3.92. The summed E-state index contributed by atoms with van der Waals surface area (Å²) in [6.45, 7) is 4.29. The van der Waals surface area contributed by atoms with Crippen LogP contribution in [0, 0.1) is 18.7 Å². The molecule has 9 heteroatoms. The number of piperidine rings is 1. The highest BCUT2D eigenvalue weighted by atomic mass is 32.2. The number of carbonyl (C=O) groups excluding carboxylic acids is 1. The van der Waals surface area contributed by atoms with Crippen LogP contribution in [0.5, 0.6) is 0 Å². The van der Waals surface area contributed by atoms with Crippen LogP contribution in [0.15, 0.2) is 33.7 Å². The molecule has 1 N–H and O–H groups in total. The van der Waals surface area contributed by atoms with E-state index in [9.17, 15) is 17.6 Å². The van der Waals surface area contributed by atoms with Crippen molar-refractivity contribution in [2.75, 3.05) is 19.6 Å². The summed E-state index contributed by atoms with van der Waals surface area (Å²) in [5, 5.41) is 6.54. The van der Waals surface area contributed by atoms with Crippen molar-refractivity contribution < 1.29 is 22.1 Å². The van der Waals surface area contributed by atoms with E-state index in [4.69, 9.17) is 4.52 Å². The molecule has 7 nitrogen and oxygen atoms in total. The third kappa shape index (κ3) is 4.56. The van der Waals surface area contributed by atoms with Crippen molar-refractivity contribution in [1.29, 1.82) is 0 Å². The lowest BCUT2D eigenvalue weighted by molar-refractivity contribution is -0.125. The van der Waals surface area contributed by atoms with Crippen molar-refractivity contribution in [2.45, 2.75) is 31.6 Å². The van der Waals surface area contributed by atoms with E-state index in [-0.39, 0.29) is 28.8 Å². The Morgan fingerprint density at radius 3 is 2.86 bits per heavy atom. The third-order valence-electron chi connectivity index (χ3n) is 4.86. The molecule has 1 amide bonds. The number of hydrogen-bond acceptors (Lipinski definition) is 5. The maximum Gasteiger partial charge on any atom is 0.248 e. The minimum absolute atomic E-state index is 0.0332. The molecule has 0 aliphatic carbocycles. The lowest BCUT2D eigenvalue weighted by Gasteiger charge is -2.31. The zero-order valence-corrected chi connectivity index (χ0v) is 17.2. The number of nitrogens with zero attached hydrogens (tertiary/aromatic N) is 2. The number of carbonyl (C=O) groups is 1. The molecule has 2 heterocycles. The quantitative estimate of drug-likeness (QED) is 0.774. The Kier molecular flexibility index (Phi) is 6.49. The first-order valence-corrected chi connectivity index (χ1v) is 10.9. The average Bonchev–Trinajstić information content (AvgIpc) is 3.09. The highest BCUT2D eigenvalue weighted by Gasteiger charge is 2.36. The summed E-state index contributed by atoms with van der Waals surface area (Å²) in [6.07, 6.45) is 4.07. The summed E-state index contributed by atoms with van der Waals surface area (Å²) >= 11 is 0. The minimum Gasteiger partial charge on any atom is -0.356 e. The van der Waals surface area contributed by atoms with Gasteiger partial charge in [-0.3, -0.25) is 4.79 Å². The maximum absolute atomic E-state index is 13.8. The van der Waals surface area contributed by atoms with E-state index in [1.807, 2.05) is 6.92 Å². The molecule has 0 radical (unpaired) electrons.